The summed E-state index contributed by atoms with van der Waals surface area (Å²) in [5.41, 5.74) is 2.34. The van der Waals surface area contributed by atoms with Gasteiger partial charge in [-0.25, -0.2) is 4.39 Å². The second kappa shape index (κ2) is 7.25. The van der Waals surface area contributed by atoms with Crippen LogP contribution in [-0.4, -0.2) is 28.1 Å². The smallest absolute Gasteiger partial charge is 0.251 e. The molecule has 7 heteroatoms. The van der Waals surface area contributed by atoms with Gasteiger partial charge in [0.1, 0.15) is 5.82 Å². The van der Waals surface area contributed by atoms with Crippen molar-refractivity contribution in [3.63, 3.8) is 0 Å². The van der Waals surface area contributed by atoms with Crippen LogP contribution in [0.1, 0.15) is 34.6 Å². The molecule has 0 radical (unpaired) electrons. The van der Waals surface area contributed by atoms with Crippen LogP contribution in [0.4, 0.5) is 4.39 Å². The third-order valence-electron chi connectivity index (χ3n) is 3.95. The van der Waals surface area contributed by atoms with Gasteiger partial charge in [-0.05, 0) is 49.6 Å². The first-order valence-corrected chi connectivity index (χ1v) is 7.98. The molecule has 1 aromatic heterocycles. The maximum absolute atomic E-state index is 12.8. The monoisotopic (exact) mass is 330 g/mol. The molecule has 2 aromatic rings. The van der Waals surface area contributed by atoms with Gasteiger partial charge >= 0.3 is 0 Å². The van der Waals surface area contributed by atoms with E-state index in [0.717, 1.165) is 25.1 Å². The van der Waals surface area contributed by atoms with E-state index in [1.54, 1.807) is 0 Å². The van der Waals surface area contributed by atoms with Crippen LogP contribution in [0.3, 0.4) is 0 Å². The molecular formula is C17H19FN4O2. The van der Waals surface area contributed by atoms with E-state index in [9.17, 15) is 14.0 Å². The number of aromatic nitrogens is 2. The number of aryl methyl sites for hydroxylation is 2. The normalized spacial score (nSPS) is 13.2. The number of rotatable bonds is 5. The fourth-order valence-electron chi connectivity index (χ4n) is 2.68. The molecule has 3 rings (SSSR count). The zero-order valence-corrected chi connectivity index (χ0v) is 13.2. The molecule has 0 bridgehead atoms. The van der Waals surface area contributed by atoms with Gasteiger partial charge in [-0.1, -0.05) is 0 Å². The average Bonchev–Trinajstić information content (AvgIpc) is 3.01. The minimum atomic E-state index is -0.414. The molecule has 0 fully saturated rings. The first-order valence-electron chi connectivity index (χ1n) is 7.98. The topological polar surface area (TPSA) is 76.0 Å². The quantitative estimate of drug-likeness (QED) is 0.870. The fourth-order valence-corrected chi connectivity index (χ4v) is 2.68. The molecule has 126 valence electrons. The van der Waals surface area contributed by atoms with Crippen LogP contribution >= 0.6 is 0 Å². The number of hydrogen-bond acceptors (Lipinski definition) is 3. The van der Waals surface area contributed by atoms with E-state index in [1.165, 1.54) is 36.4 Å². The second-order valence-corrected chi connectivity index (χ2v) is 5.77. The Labute approximate surface area is 139 Å². The Morgan fingerprint density at radius 3 is 2.71 bits per heavy atom. The molecule has 0 aliphatic carbocycles. The third kappa shape index (κ3) is 3.98. The number of carbonyl (C=O) groups excluding carboxylic acids is 2. The Morgan fingerprint density at radius 2 is 1.96 bits per heavy atom. The van der Waals surface area contributed by atoms with Crippen molar-refractivity contribution in [2.24, 2.45) is 0 Å². The molecule has 1 aromatic carbocycles. The molecule has 2 heterocycles. The summed E-state index contributed by atoms with van der Waals surface area (Å²) in [5, 5.41) is 9.69. The molecule has 0 unspecified atom stereocenters. The number of carbonyl (C=O) groups is 2. The van der Waals surface area contributed by atoms with E-state index in [1.807, 2.05) is 10.7 Å². The number of fused-ring (bicyclic) bond motifs is 1. The summed E-state index contributed by atoms with van der Waals surface area (Å²) in [7, 11) is 0. The summed E-state index contributed by atoms with van der Waals surface area (Å²) in [6.07, 6.45) is 3.33. The van der Waals surface area contributed by atoms with Gasteiger partial charge in [-0.2, -0.15) is 5.10 Å². The Balaban J connectivity index is 1.45. The van der Waals surface area contributed by atoms with Crippen molar-refractivity contribution < 1.29 is 14.0 Å². The number of amides is 2. The van der Waals surface area contributed by atoms with Crippen molar-refractivity contribution in [3.05, 3.63) is 53.1 Å². The van der Waals surface area contributed by atoms with Crippen molar-refractivity contribution in [1.82, 2.24) is 20.4 Å². The number of hydrogen-bond donors (Lipinski definition) is 2. The highest BCUT2D eigenvalue weighted by Crippen LogP contribution is 2.14. The van der Waals surface area contributed by atoms with Gasteiger partial charge in [-0.3, -0.25) is 14.3 Å². The largest absolute Gasteiger partial charge is 0.349 e. The molecule has 1 aliphatic rings. The molecule has 0 saturated heterocycles. The SMILES string of the molecule is O=C(CNC(=O)c1ccc(F)cc1)NCc1cc2n(n1)CCCC2. The van der Waals surface area contributed by atoms with E-state index < -0.39 is 11.7 Å². The molecule has 6 nitrogen and oxygen atoms in total. The summed E-state index contributed by atoms with van der Waals surface area (Å²) in [5.74, 6) is -1.12. The van der Waals surface area contributed by atoms with Gasteiger partial charge in [0.2, 0.25) is 5.91 Å². The van der Waals surface area contributed by atoms with Gasteiger partial charge < -0.3 is 10.6 Å². The second-order valence-electron chi connectivity index (χ2n) is 5.77. The molecule has 2 N–H and O–H groups in total. The molecule has 1 aliphatic heterocycles. The van der Waals surface area contributed by atoms with E-state index in [2.05, 4.69) is 15.7 Å². The highest BCUT2D eigenvalue weighted by atomic mass is 19.1. The highest BCUT2D eigenvalue weighted by Gasteiger charge is 2.13. The van der Waals surface area contributed by atoms with Gasteiger partial charge in [0.05, 0.1) is 18.8 Å². The van der Waals surface area contributed by atoms with Crippen LogP contribution in [0, 0.1) is 5.82 Å². The van der Waals surface area contributed by atoms with E-state index >= 15 is 0 Å². The molecule has 0 saturated carbocycles. The standard InChI is InChI=1S/C17H19FN4O2/c18-13-6-4-12(5-7-13)17(24)20-11-16(23)19-10-14-9-15-3-1-2-8-22(15)21-14/h4-7,9H,1-3,8,10-11H2,(H,19,23)(H,20,24). The predicted molar refractivity (Wildman–Crippen MR) is 85.7 cm³/mol. The van der Waals surface area contributed by atoms with Gasteiger partial charge in [0.25, 0.3) is 5.91 Å². The summed E-state index contributed by atoms with van der Waals surface area (Å²) in [6.45, 7) is 1.13. The summed E-state index contributed by atoms with van der Waals surface area (Å²) in [6, 6.07) is 7.16. The first-order chi connectivity index (χ1) is 11.6. The molecule has 24 heavy (non-hydrogen) atoms. The summed E-state index contributed by atoms with van der Waals surface area (Å²) in [4.78, 5) is 23.7. The van der Waals surface area contributed by atoms with Crippen LogP contribution in [0.5, 0.6) is 0 Å². The zero-order valence-electron chi connectivity index (χ0n) is 13.2. The van der Waals surface area contributed by atoms with Crippen LogP contribution in [0.25, 0.3) is 0 Å². The van der Waals surface area contributed by atoms with Crippen molar-refractivity contribution in [3.8, 4) is 0 Å². The first kappa shape index (κ1) is 16.2. The van der Waals surface area contributed by atoms with Crippen LogP contribution < -0.4 is 10.6 Å². The van der Waals surface area contributed by atoms with Crippen LogP contribution in [0.2, 0.25) is 0 Å². The summed E-state index contributed by atoms with van der Waals surface area (Å²) < 4.78 is 14.8. The lowest BCUT2D eigenvalue weighted by Gasteiger charge is -2.11. The van der Waals surface area contributed by atoms with Crippen molar-refractivity contribution in [2.75, 3.05) is 6.54 Å². The molecular weight excluding hydrogens is 311 g/mol. The number of halogens is 1. The lowest BCUT2D eigenvalue weighted by molar-refractivity contribution is -0.120. The number of nitrogens with zero attached hydrogens (tertiary/aromatic N) is 2. The molecule has 2 amide bonds. The van der Waals surface area contributed by atoms with E-state index in [0.29, 0.717) is 12.1 Å². The average molecular weight is 330 g/mol. The molecule has 0 spiro atoms. The number of benzene rings is 1. The fraction of sp³-hybridized carbons (Fsp3) is 0.353. The minimum Gasteiger partial charge on any atom is -0.349 e. The van der Waals surface area contributed by atoms with Gasteiger partial charge in [0.15, 0.2) is 0 Å². The maximum Gasteiger partial charge on any atom is 0.251 e. The zero-order chi connectivity index (χ0) is 16.9. The Hall–Kier alpha value is -2.70. The van der Waals surface area contributed by atoms with E-state index in [4.69, 9.17) is 0 Å². The third-order valence-corrected chi connectivity index (χ3v) is 3.95. The Kier molecular flexibility index (Phi) is 4.88. The Bertz CT molecular complexity index is 716. The van der Waals surface area contributed by atoms with E-state index in [-0.39, 0.29) is 12.5 Å². The summed E-state index contributed by atoms with van der Waals surface area (Å²) >= 11 is 0. The van der Waals surface area contributed by atoms with Crippen molar-refractivity contribution in [1.29, 1.82) is 0 Å². The minimum absolute atomic E-state index is 0.135. The maximum atomic E-state index is 12.8. The van der Waals surface area contributed by atoms with Gasteiger partial charge in [-0.15, -0.1) is 0 Å². The highest BCUT2D eigenvalue weighted by molar-refractivity contribution is 5.96. The van der Waals surface area contributed by atoms with Crippen molar-refractivity contribution in [2.45, 2.75) is 32.4 Å². The Morgan fingerprint density at radius 1 is 1.17 bits per heavy atom. The van der Waals surface area contributed by atoms with Gasteiger partial charge in [0, 0.05) is 17.8 Å². The van der Waals surface area contributed by atoms with Crippen LogP contribution in [-0.2, 0) is 24.3 Å². The predicted octanol–water partition coefficient (Wildman–Crippen LogP) is 1.40. The lowest BCUT2D eigenvalue weighted by atomic mass is 10.1. The number of nitrogens with one attached hydrogen (secondary N) is 2. The lowest BCUT2D eigenvalue weighted by Crippen LogP contribution is -2.36. The van der Waals surface area contributed by atoms with Crippen LogP contribution in [0.15, 0.2) is 30.3 Å². The van der Waals surface area contributed by atoms with Crippen molar-refractivity contribution >= 4 is 11.8 Å². The molecule has 0 atom stereocenters.